The van der Waals surface area contributed by atoms with Gasteiger partial charge in [-0.15, -0.1) is 0 Å². The molecule has 1 atom stereocenters. The summed E-state index contributed by atoms with van der Waals surface area (Å²) in [5.74, 6) is 0.961. The molecule has 0 aliphatic rings. The molecule has 2 rings (SSSR count). The molecule has 4 heteroatoms. The van der Waals surface area contributed by atoms with E-state index in [0.29, 0.717) is 13.2 Å². The first kappa shape index (κ1) is 15.8. The summed E-state index contributed by atoms with van der Waals surface area (Å²) < 4.78 is 10.7. The maximum Gasteiger partial charge on any atom is 0.117 e. The lowest BCUT2D eigenvalue weighted by molar-refractivity contribution is 0.181. The van der Waals surface area contributed by atoms with Gasteiger partial charge < -0.3 is 14.9 Å². The summed E-state index contributed by atoms with van der Waals surface area (Å²) in [6.07, 6.45) is 1.71. The number of likely N-dealkylation sites (N-methyl/N-ethyl adjacent to an activating group) is 1. The summed E-state index contributed by atoms with van der Waals surface area (Å²) in [7, 11) is 1.71. The Morgan fingerprint density at radius 1 is 1.29 bits per heavy atom. The molecule has 4 nitrogen and oxygen atoms in total. The molecule has 0 bridgehead atoms. The highest BCUT2D eigenvalue weighted by Crippen LogP contribution is 2.23. The van der Waals surface area contributed by atoms with E-state index in [-0.39, 0.29) is 6.04 Å². The predicted molar refractivity (Wildman–Crippen MR) is 83.7 cm³/mol. The number of benzene rings is 1. The predicted octanol–water partition coefficient (Wildman–Crippen LogP) is 2.95. The third-order valence-electron chi connectivity index (χ3n) is 3.66. The van der Waals surface area contributed by atoms with Crippen LogP contribution in [0.15, 0.2) is 47.1 Å². The molecule has 0 spiro atoms. The van der Waals surface area contributed by atoms with Gasteiger partial charge in [-0.2, -0.15) is 0 Å². The third-order valence-corrected chi connectivity index (χ3v) is 3.66. The molecule has 1 heterocycles. The lowest BCUT2D eigenvalue weighted by Gasteiger charge is -2.29. The molecule has 2 aromatic rings. The average molecular weight is 288 g/mol. The first-order valence-electron chi connectivity index (χ1n) is 7.32. The molecule has 0 aliphatic heterocycles. The van der Waals surface area contributed by atoms with Gasteiger partial charge in [0, 0.05) is 19.7 Å². The molecule has 1 aromatic carbocycles. The normalized spacial score (nSPS) is 12.8. The minimum atomic E-state index is 0.178. The minimum absolute atomic E-state index is 0.178. The van der Waals surface area contributed by atoms with Crippen LogP contribution in [0, 0.1) is 0 Å². The van der Waals surface area contributed by atoms with E-state index < -0.39 is 0 Å². The first-order chi connectivity index (χ1) is 10.3. The van der Waals surface area contributed by atoms with Crippen LogP contribution in [-0.4, -0.2) is 25.1 Å². The fourth-order valence-electron chi connectivity index (χ4n) is 2.60. The molecule has 1 unspecified atom stereocenters. The van der Waals surface area contributed by atoms with Crippen LogP contribution in [0.3, 0.4) is 0 Å². The fourth-order valence-corrected chi connectivity index (χ4v) is 2.60. The first-order valence-corrected chi connectivity index (χ1v) is 7.32. The summed E-state index contributed by atoms with van der Waals surface area (Å²) in [5.41, 5.74) is 8.42. The maximum atomic E-state index is 6.03. The number of ether oxygens (including phenoxy) is 1. The van der Waals surface area contributed by atoms with Crippen LogP contribution < -0.4 is 5.73 Å². The molecular formula is C17H24N2O2. The summed E-state index contributed by atoms with van der Waals surface area (Å²) in [5, 5.41) is 0. The van der Waals surface area contributed by atoms with Crippen LogP contribution in [0.5, 0.6) is 0 Å². The Morgan fingerprint density at radius 3 is 2.76 bits per heavy atom. The zero-order valence-corrected chi connectivity index (χ0v) is 12.8. The van der Waals surface area contributed by atoms with Crippen molar-refractivity contribution in [2.45, 2.75) is 26.1 Å². The molecule has 0 saturated heterocycles. The van der Waals surface area contributed by atoms with Gasteiger partial charge in [-0.1, -0.05) is 31.2 Å². The van der Waals surface area contributed by atoms with E-state index in [2.05, 4.69) is 36.1 Å². The molecule has 1 aromatic heterocycles. The average Bonchev–Trinajstić information content (AvgIpc) is 3.01. The summed E-state index contributed by atoms with van der Waals surface area (Å²) >= 11 is 0. The van der Waals surface area contributed by atoms with Crippen LogP contribution in [0.1, 0.15) is 29.9 Å². The Balaban J connectivity index is 2.17. The van der Waals surface area contributed by atoms with E-state index in [0.717, 1.165) is 18.8 Å². The minimum Gasteiger partial charge on any atom is -0.468 e. The lowest BCUT2D eigenvalue weighted by atomic mass is 10.0. The number of nitrogens with zero attached hydrogens (tertiary/aromatic N) is 1. The fraction of sp³-hybridized carbons (Fsp3) is 0.412. The van der Waals surface area contributed by atoms with Crippen LogP contribution in [0.2, 0.25) is 0 Å². The molecule has 0 aliphatic carbocycles. The SMILES string of the molecule is CCN(Cc1ccco1)C(CN)c1cccc(COC)c1. The van der Waals surface area contributed by atoms with Gasteiger partial charge in [-0.05, 0) is 29.8 Å². The number of rotatable bonds is 8. The van der Waals surface area contributed by atoms with Crippen LogP contribution in [-0.2, 0) is 17.9 Å². The molecule has 0 fully saturated rings. The van der Waals surface area contributed by atoms with E-state index in [1.54, 1.807) is 13.4 Å². The molecule has 114 valence electrons. The van der Waals surface area contributed by atoms with E-state index in [1.807, 2.05) is 12.1 Å². The van der Waals surface area contributed by atoms with E-state index in [9.17, 15) is 0 Å². The van der Waals surface area contributed by atoms with Crippen LogP contribution in [0.4, 0.5) is 0 Å². The lowest BCUT2D eigenvalue weighted by Crippen LogP contribution is -2.33. The number of hydrogen-bond donors (Lipinski definition) is 1. The number of nitrogens with two attached hydrogens (primary N) is 1. The number of methoxy groups -OCH3 is 1. The van der Waals surface area contributed by atoms with Crippen molar-refractivity contribution in [1.29, 1.82) is 0 Å². The zero-order valence-electron chi connectivity index (χ0n) is 12.8. The standard InChI is InChI=1S/C17H24N2O2/c1-3-19(12-16-8-5-9-21-16)17(11-18)15-7-4-6-14(10-15)13-20-2/h4-10,17H,3,11-13,18H2,1-2H3. The maximum absolute atomic E-state index is 6.03. The monoisotopic (exact) mass is 288 g/mol. The van der Waals surface area contributed by atoms with Crippen molar-refractivity contribution in [3.8, 4) is 0 Å². The van der Waals surface area contributed by atoms with Crippen molar-refractivity contribution in [3.63, 3.8) is 0 Å². The highest BCUT2D eigenvalue weighted by Gasteiger charge is 2.19. The molecule has 2 N–H and O–H groups in total. The van der Waals surface area contributed by atoms with Crippen molar-refractivity contribution in [3.05, 3.63) is 59.5 Å². The van der Waals surface area contributed by atoms with Gasteiger partial charge in [0.2, 0.25) is 0 Å². The molecule has 0 saturated carbocycles. The third kappa shape index (κ3) is 4.17. The number of hydrogen-bond acceptors (Lipinski definition) is 4. The Morgan fingerprint density at radius 2 is 2.14 bits per heavy atom. The van der Waals surface area contributed by atoms with Crippen molar-refractivity contribution in [1.82, 2.24) is 4.90 Å². The topological polar surface area (TPSA) is 51.6 Å². The van der Waals surface area contributed by atoms with Crippen molar-refractivity contribution < 1.29 is 9.15 Å². The van der Waals surface area contributed by atoms with Gasteiger partial charge in [0.15, 0.2) is 0 Å². The van der Waals surface area contributed by atoms with E-state index >= 15 is 0 Å². The molecular weight excluding hydrogens is 264 g/mol. The quantitative estimate of drug-likeness (QED) is 0.811. The number of furan rings is 1. The summed E-state index contributed by atoms with van der Waals surface area (Å²) in [4.78, 5) is 2.32. The van der Waals surface area contributed by atoms with Gasteiger partial charge >= 0.3 is 0 Å². The Hall–Kier alpha value is -1.62. The highest BCUT2D eigenvalue weighted by molar-refractivity contribution is 5.26. The molecule has 0 radical (unpaired) electrons. The Kier molecular flexibility index (Phi) is 5.99. The van der Waals surface area contributed by atoms with Gasteiger partial charge in [0.25, 0.3) is 0 Å². The highest BCUT2D eigenvalue weighted by atomic mass is 16.5. The molecule has 21 heavy (non-hydrogen) atoms. The Labute approximate surface area is 126 Å². The molecule has 0 amide bonds. The van der Waals surface area contributed by atoms with Crippen LogP contribution in [0.25, 0.3) is 0 Å². The van der Waals surface area contributed by atoms with Gasteiger partial charge in [-0.3, -0.25) is 4.90 Å². The van der Waals surface area contributed by atoms with Crippen molar-refractivity contribution in [2.24, 2.45) is 5.73 Å². The van der Waals surface area contributed by atoms with Gasteiger partial charge in [0.05, 0.1) is 19.4 Å². The van der Waals surface area contributed by atoms with Crippen molar-refractivity contribution in [2.75, 3.05) is 20.2 Å². The van der Waals surface area contributed by atoms with Gasteiger partial charge in [-0.25, -0.2) is 0 Å². The smallest absolute Gasteiger partial charge is 0.117 e. The zero-order chi connectivity index (χ0) is 15.1. The summed E-state index contributed by atoms with van der Waals surface area (Å²) in [6.45, 7) is 5.02. The summed E-state index contributed by atoms with van der Waals surface area (Å²) in [6, 6.07) is 12.5. The van der Waals surface area contributed by atoms with Gasteiger partial charge in [0.1, 0.15) is 5.76 Å². The van der Waals surface area contributed by atoms with E-state index in [4.69, 9.17) is 14.9 Å². The van der Waals surface area contributed by atoms with Crippen molar-refractivity contribution >= 4 is 0 Å². The second-order valence-electron chi connectivity index (χ2n) is 5.07. The Bertz CT molecular complexity index is 525. The van der Waals surface area contributed by atoms with E-state index in [1.165, 1.54) is 11.1 Å². The second kappa shape index (κ2) is 7.98. The second-order valence-corrected chi connectivity index (χ2v) is 5.07. The van der Waals surface area contributed by atoms with Crippen LogP contribution >= 0.6 is 0 Å². The largest absolute Gasteiger partial charge is 0.468 e.